The van der Waals surface area contributed by atoms with Crippen LogP contribution in [0, 0.1) is 13.8 Å². The van der Waals surface area contributed by atoms with E-state index in [-0.39, 0.29) is 11.7 Å². The zero-order chi connectivity index (χ0) is 19.0. The summed E-state index contributed by atoms with van der Waals surface area (Å²) in [5.74, 6) is 0.260. The van der Waals surface area contributed by atoms with Crippen molar-refractivity contribution in [2.75, 3.05) is 14.1 Å². The van der Waals surface area contributed by atoms with Gasteiger partial charge in [-0.25, -0.2) is 0 Å². The maximum Gasteiger partial charge on any atom is 0.160 e. The molecule has 136 valence electrons. The average molecular weight is 348 g/mol. The number of aromatic amines is 1. The minimum absolute atomic E-state index is 0.122. The molecule has 0 saturated carbocycles. The third kappa shape index (κ3) is 3.32. The first-order chi connectivity index (χ1) is 12.3. The highest BCUT2D eigenvalue weighted by molar-refractivity contribution is 5.96. The summed E-state index contributed by atoms with van der Waals surface area (Å²) in [4.78, 5) is 18.0. The van der Waals surface area contributed by atoms with Gasteiger partial charge in [0.05, 0.1) is 0 Å². The first-order valence-corrected chi connectivity index (χ1v) is 9.16. The molecule has 0 aliphatic carbocycles. The van der Waals surface area contributed by atoms with Gasteiger partial charge in [0.25, 0.3) is 0 Å². The highest BCUT2D eigenvalue weighted by atomic mass is 16.1. The summed E-state index contributed by atoms with van der Waals surface area (Å²) in [7, 11) is 4.17. The van der Waals surface area contributed by atoms with E-state index in [1.165, 1.54) is 33.3 Å². The molecule has 3 rings (SSSR count). The number of rotatable bonds is 5. The summed E-state index contributed by atoms with van der Waals surface area (Å²) in [6.07, 6.45) is 0. The number of aromatic nitrogens is 1. The number of nitrogens with one attached hydrogen (secondary N) is 1. The number of hydrogen-bond acceptors (Lipinski definition) is 2. The number of carbonyl (C=O) groups excluding carboxylic acids is 1. The van der Waals surface area contributed by atoms with Gasteiger partial charge in [0, 0.05) is 34.6 Å². The first-order valence-electron chi connectivity index (χ1n) is 9.16. The van der Waals surface area contributed by atoms with Crippen molar-refractivity contribution in [1.29, 1.82) is 0 Å². The molecule has 1 aromatic heterocycles. The summed E-state index contributed by atoms with van der Waals surface area (Å²) in [6, 6.07) is 12.6. The van der Waals surface area contributed by atoms with E-state index in [2.05, 4.69) is 69.0 Å². The van der Waals surface area contributed by atoms with E-state index >= 15 is 0 Å². The molecule has 0 aliphatic rings. The molecule has 1 atom stereocenters. The number of para-hydroxylation sites is 1. The number of fused-ring (bicyclic) bond motifs is 1. The van der Waals surface area contributed by atoms with E-state index in [0.29, 0.717) is 0 Å². The van der Waals surface area contributed by atoms with E-state index in [0.717, 1.165) is 17.7 Å². The van der Waals surface area contributed by atoms with E-state index in [1.54, 1.807) is 6.92 Å². The lowest BCUT2D eigenvalue weighted by Gasteiger charge is -2.19. The fraction of sp³-hybridized carbons (Fsp3) is 0.348. The van der Waals surface area contributed by atoms with Crippen molar-refractivity contribution in [2.45, 2.75) is 40.2 Å². The quantitative estimate of drug-likeness (QED) is 0.643. The predicted octanol–water partition coefficient (Wildman–Crippen LogP) is 5.20. The first kappa shape index (κ1) is 18.4. The number of Topliss-reactive ketones (excluding diaryl/α,β-unsaturated/α-hetero) is 1. The van der Waals surface area contributed by atoms with Crippen LogP contribution in [0.4, 0.5) is 0 Å². The molecule has 1 N–H and O–H groups in total. The molecule has 3 heteroatoms. The Labute approximate surface area is 156 Å². The number of aryl methyl sites for hydroxylation is 2. The van der Waals surface area contributed by atoms with E-state index < -0.39 is 0 Å². The SMILES string of the molecule is CC(=O)c1ccc(C)cc1C(C)c1c(CN(C)C)[nH]c2c(C)cccc12. The number of carbonyl (C=O) groups is 1. The minimum Gasteiger partial charge on any atom is -0.357 e. The smallest absolute Gasteiger partial charge is 0.160 e. The van der Waals surface area contributed by atoms with Crippen LogP contribution >= 0.6 is 0 Å². The third-order valence-corrected chi connectivity index (χ3v) is 5.12. The van der Waals surface area contributed by atoms with Crippen molar-refractivity contribution in [3.63, 3.8) is 0 Å². The second kappa shape index (κ2) is 7.08. The van der Waals surface area contributed by atoms with Crippen molar-refractivity contribution >= 4 is 16.7 Å². The molecule has 0 saturated heterocycles. The normalized spacial score (nSPS) is 12.7. The van der Waals surface area contributed by atoms with Crippen molar-refractivity contribution in [3.8, 4) is 0 Å². The Morgan fingerprint density at radius 1 is 1.15 bits per heavy atom. The highest BCUT2D eigenvalue weighted by Crippen LogP contribution is 2.37. The predicted molar refractivity (Wildman–Crippen MR) is 109 cm³/mol. The maximum absolute atomic E-state index is 12.2. The lowest BCUT2D eigenvalue weighted by Crippen LogP contribution is -2.14. The summed E-state index contributed by atoms with van der Waals surface area (Å²) >= 11 is 0. The Bertz CT molecular complexity index is 966. The lowest BCUT2D eigenvalue weighted by molar-refractivity contribution is 0.101. The Morgan fingerprint density at radius 2 is 1.88 bits per heavy atom. The van der Waals surface area contributed by atoms with Crippen LogP contribution in [0.25, 0.3) is 10.9 Å². The molecule has 1 heterocycles. The number of hydrogen-bond donors (Lipinski definition) is 1. The topological polar surface area (TPSA) is 36.1 Å². The van der Waals surface area contributed by atoms with Crippen molar-refractivity contribution in [1.82, 2.24) is 9.88 Å². The van der Waals surface area contributed by atoms with Crippen LogP contribution in [0.15, 0.2) is 36.4 Å². The van der Waals surface area contributed by atoms with E-state index in [4.69, 9.17) is 0 Å². The third-order valence-electron chi connectivity index (χ3n) is 5.12. The largest absolute Gasteiger partial charge is 0.357 e. The van der Waals surface area contributed by atoms with Gasteiger partial charge in [0.15, 0.2) is 5.78 Å². The molecular weight excluding hydrogens is 320 g/mol. The van der Waals surface area contributed by atoms with Crippen LogP contribution < -0.4 is 0 Å². The van der Waals surface area contributed by atoms with E-state index in [9.17, 15) is 4.79 Å². The van der Waals surface area contributed by atoms with Gasteiger partial charge in [-0.3, -0.25) is 4.79 Å². The summed E-state index contributed by atoms with van der Waals surface area (Å²) < 4.78 is 0. The summed E-state index contributed by atoms with van der Waals surface area (Å²) in [5, 5.41) is 1.25. The van der Waals surface area contributed by atoms with Gasteiger partial charge in [-0.05, 0) is 51.6 Å². The zero-order valence-corrected chi connectivity index (χ0v) is 16.6. The molecule has 0 aliphatic heterocycles. The summed E-state index contributed by atoms with van der Waals surface area (Å²) in [6.45, 7) is 8.93. The minimum atomic E-state index is 0.122. The van der Waals surface area contributed by atoms with Gasteiger partial charge in [-0.15, -0.1) is 0 Å². The van der Waals surface area contributed by atoms with Crippen molar-refractivity contribution in [2.24, 2.45) is 0 Å². The van der Waals surface area contributed by atoms with Gasteiger partial charge in [0.2, 0.25) is 0 Å². The molecule has 1 unspecified atom stereocenters. The maximum atomic E-state index is 12.2. The molecule has 3 aromatic rings. The number of ketones is 1. The monoisotopic (exact) mass is 348 g/mol. The Morgan fingerprint density at radius 3 is 2.54 bits per heavy atom. The summed E-state index contributed by atoms with van der Waals surface area (Å²) in [5.41, 5.74) is 8.08. The van der Waals surface area contributed by atoms with Crippen molar-refractivity contribution < 1.29 is 4.79 Å². The molecule has 0 amide bonds. The van der Waals surface area contributed by atoms with Crippen LogP contribution in [0.2, 0.25) is 0 Å². The van der Waals surface area contributed by atoms with Gasteiger partial charge in [-0.1, -0.05) is 48.9 Å². The Kier molecular flexibility index (Phi) is 5.01. The lowest BCUT2D eigenvalue weighted by atomic mass is 9.85. The van der Waals surface area contributed by atoms with Crippen LogP contribution in [0.5, 0.6) is 0 Å². The molecular formula is C23H28N2O. The van der Waals surface area contributed by atoms with Gasteiger partial charge < -0.3 is 9.88 Å². The molecule has 0 radical (unpaired) electrons. The number of benzene rings is 2. The molecule has 26 heavy (non-hydrogen) atoms. The van der Waals surface area contributed by atoms with Crippen LogP contribution in [0.3, 0.4) is 0 Å². The fourth-order valence-electron chi connectivity index (χ4n) is 3.89. The van der Waals surface area contributed by atoms with Gasteiger partial charge >= 0.3 is 0 Å². The van der Waals surface area contributed by atoms with Crippen LogP contribution in [-0.2, 0) is 6.54 Å². The second-order valence-corrected chi connectivity index (χ2v) is 7.62. The number of H-pyrrole nitrogens is 1. The average Bonchev–Trinajstić information content (AvgIpc) is 2.92. The van der Waals surface area contributed by atoms with Crippen molar-refractivity contribution in [3.05, 3.63) is 69.9 Å². The molecule has 0 spiro atoms. The fourth-order valence-corrected chi connectivity index (χ4v) is 3.89. The molecule has 0 fully saturated rings. The van der Waals surface area contributed by atoms with Gasteiger partial charge in [0.1, 0.15) is 0 Å². The van der Waals surface area contributed by atoms with Crippen LogP contribution in [0.1, 0.15) is 58.1 Å². The molecule has 0 bridgehead atoms. The Hall–Kier alpha value is -2.39. The van der Waals surface area contributed by atoms with Gasteiger partial charge in [-0.2, -0.15) is 0 Å². The number of nitrogens with zero attached hydrogens (tertiary/aromatic N) is 1. The molecule has 2 aromatic carbocycles. The highest BCUT2D eigenvalue weighted by Gasteiger charge is 2.23. The van der Waals surface area contributed by atoms with Crippen LogP contribution in [-0.4, -0.2) is 29.8 Å². The van der Waals surface area contributed by atoms with E-state index in [1.807, 2.05) is 12.1 Å². The molecule has 3 nitrogen and oxygen atoms in total. The Balaban J connectivity index is 2.26. The zero-order valence-electron chi connectivity index (χ0n) is 16.6. The standard InChI is InChI=1S/C23H28N2O/c1-14-10-11-18(17(4)26)20(12-14)16(3)22-19-9-7-8-15(2)23(19)24-21(22)13-25(5)6/h7-12,16,24H,13H2,1-6H3. The second-order valence-electron chi connectivity index (χ2n) is 7.62.